The van der Waals surface area contributed by atoms with Crippen molar-refractivity contribution in [1.29, 1.82) is 0 Å². The van der Waals surface area contributed by atoms with Gasteiger partial charge in [-0.15, -0.1) is 0 Å². The highest BCUT2D eigenvalue weighted by Gasteiger charge is 2.18. The molecule has 164 valence electrons. The summed E-state index contributed by atoms with van der Waals surface area (Å²) in [7, 11) is 1.71. The van der Waals surface area contributed by atoms with Crippen LogP contribution in [0, 0.1) is 5.92 Å². The van der Waals surface area contributed by atoms with Crippen molar-refractivity contribution in [3.8, 4) is 17.0 Å². The summed E-state index contributed by atoms with van der Waals surface area (Å²) < 4.78 is 5.52. The molecule has 0 saturated carbocycles. The van der Waals surface area contributed by atoms with Gasteiger partial charge < -0.3 is 20.5 Å². The SMILES string of the molecule is COc1ccccc1C(C)[C@H](C)CNc1cc(-c2ccnc(NCCCO)c2)ncn1. The maximum atomic E-state index is 8.93. The first kappa shape index (κ1) is 22.5. The van der Waals surface area contributed by atoms with E-state index in [1.54, 1.807) is 19.6 Å². The predicted molar refractivity (Wildman–Crippen MR) is 125 cm³/mol. The number of ether oxygens (including phenoxy) is 1. The van der Waals surface area contributed by atoms with Crippen molar-refractivity contribution >= 4 is 11.6 Å². The molecule has 2 heterocycles. The highest BCUT2D eigenvalue weighted by molar-refractivity contribution is 5.65. The minimum absolute atomic E-state index is 0.154. The van der Waals surface area contributed by atoms with Crippen LogP contribution in [-0.2, 0) is 0 Å². The van der Waals surface area contributed by atoms with Crippen LogP contribution in [0.1, 0.15) is 31.7 Å². The molecule has 0 aliphatic rings. The number of aliphatic hydroxyl groups is 1. The minimum Gasteiger partial charge on any atom is -0.496 e. The molecule has 0 fully saturated rings. The zero-order valence-electron chi connectivity index (χ0n) is 18.4. The first-order valence-corrected chi connectivity index (χ1v) is 10.6. The zero-order chi connectivity index (χ0) is 22.1. The van der Waals surface area contributed by atoms with Gasteiger partial charge in [-0.25, -0.2) is 15.0 Å². The average molecular weight is 422 g/mol. The predicted octanol–water partition coefficient (Wildman–Crippen LogP) is 4.19. The Hall–Kier alpha value is -3.19. The Morgan fingerprint density at radius 2 is 1.81 bits per heavy atom. The topological polar surface area (TPSA) is 92.2 Å². The van der Waals surface area contributed by atoms with E-state index in [1.807, 2.05) is 36.4 Å². The van der Waals surface area contributed by atoms with Gasteiger partial charge >= 0.3 is 0 Å². The molecular weight excluding hydrogens is 390 g/mol. The number of anilines is 2. The Morgan fingerprint density at radius 1 is 1.00 bits per heavy atom. The van der Waals surface area contributed by atoms with E-state index < -0.39 is 0 Å². The third-order valence-electron chi connectivity index (χ3n) is 5.45. The molecular formula is C24H31N5O2. The number of nitrogens with one attached hydrogen (secondary N) is 2. The molecule has 0 aliphatic carbocycles. The Bertz CT molecular complexity index is 966. The monoisotopic (exact) mass is 421 g/mol. The Morgan fingerprint density at radius 3 is 2.61 bits per heavy atom. The Labute approximate surface area is 183 Å². The van der Waals surface area contributed by atoms with E-state index in [2.05, 4.69) is 45.5 Å². The maximum Gasteiger partial charge on any atom is 0.129 e. The Kier molecular flexibility index (Phi) is 8.18. The average Bonchev–Trinajstić information content (AvgIpc) is 2.82. The molecule has 0 spiro atoms. The number of para-hydroxylation sites is 1. The lowest BCUT2D eigenvalue weighted by molar-refractivity contribution is 0.292. The van der Waals surface area contributed by atoms with Crippen LogP contribution in [0.2, 0.25) is 0 Å². The van der Waals surface area contributed by atoms with Crippen molar-refractivity contribution in [1.82, 2.24) is 15.0 Å². The van der Waals surface area contributed by atoms with Gasteiger partial charge in [0.05, 0.1) is 12.8 Å². The molecule has 0 amide bonds. The third kappa shape index (κ3) is 6.15. The van der Waals surface area contributed by atoms with Crippen LogP contribution >= 0.6 is 0 Å². The fourth-order valence-corrected chi connectivity index (χ4v) is 3.39. The molecule has 3 aromatic rings. The van der Waals surface area contributed by atoms with E-state index in [0.29, 0.717) is 24.8 Å². The van der Waals surface area contributed by atoms with Crippen LogP contribution in [0.5, 0.6) is 5.75 Å². The minimum atomic E-state index is 0.154. The molecule has 0 aliphatic heterocycles. The van der Waals surface area contributed by atoms with E-state index in [9.17, 15) is 0 Å². The van der Waals surface area contributed by atoms with Crippen LogP contribution in [0.4, 0.5) is 11.6 Å². The third-order valence-corrected chi connectivity index (χ3v) is 5.45. The molecule has 0 radical (unpaired) electrons. The van der Waals surface area contributed by atoms with E-state index in [1.165, 1.54) is 5.56 Å². The van der Waals surface area contributed by atoms with Gasteiger partial charge in [-0.2, -0.15) is 0 Å². The zero-order valence-corrected chi connectivity index (χ0v) is 18.4. The van der Waals surface area contributed by atoms with Gasteiger partial charge in [0, 0.05) is 37.5 Å². The number of methoxy groups -OCH3 is 1. The first-order valence-electron chi connectivity index (χ1n) is 10.6. The largest absolute Gasteiger partial charge is 0.496 e. The van der Waals surface area contributed by atoms with Crippen LogP contribution in [0.15, 0.2) is 55.0 Å². The molecule has 3 N–H and O–H groups in total. The second-order valence-corrected chi connectivity index (χ2v) is 7.61. The fraction of sp³-hybridized carbons (Fsp3) is 0.375. The van der Waals surface area contributed by atoms with E-state index in [4.69, 9.17) is 9.84 Å². The van der Waals surface area contributed by atoms with Crippen molar-refractivity contribution in [2.75, 3.05) is 37.4 Å². The van der Waals surface area contributed by atoms with Crippen LogP contribution in [0.3, 0.4) is 0 Å². The maximum absolute atomic E-state index is 8.93. The van der Waals surface area contributed by atoms with E-state index >= 15 is 0 Å². The summed E-state index contributed by atoms with van der Waals surface area (Å²) in [6, 6.07) is 14.0. The highest BCUT2D eigenvalue weighted by Crippen LogP contribution is 2.31. The molecule has 31 heavy (non-hydrogen) atoms. The molecule has 1 aromatic carbocycles. The normalized spacial score (nSPS) is 12.8. The lowest BCUT2D eigenvalue weighted by Crippen LogP contribution is -2.18. The van der Waals surface area contributed by atoms with E-state index in [-0.39, 0.29) is 6.61 Å². The molecule has 2 aromatic heterocycles. The number of aromatic nitrogens is 3. The second kappa shape index (κ2) is 11.3. The van der Waals surface area contributed by atoms with Gasteiger partial charge in [0.25, 0.3) is 0 Å². The summed E-state index contributed by atoms with van der Waals surface area (Å²) in [5.41, 5.74) is 3.00. The number of hydrogen-bond donors (Lipinski definition) is 3. The Balaban J connectivity index is 1.65. The number of nitrogens with zero attached hydrogens (tertiary/aromatic N) is 3. The van der Waals surface area contributed by atoms with Gasteiger partial charge in [-0.1, -0.05) is 32.0 Å². The van der Waals surface area contributed by atoms with Crippen molar-refractivity contribution in [3.63, 3.8) is 0 Å². The number of pyridine rings is 1. The summed E-state index contributed by atoms with van der Waals surface area (Å²) >= 11 is 0. The van der Waals surface area contributed by atoms with Crippen molar-refractivity contribution in [2.45, 2.75) is 26.2 Å². The van der Waals surface area contributed by atoms with Crippen LogP contribution < -0.4 is 15.4 Å². The smallest absolute Gasteiger partial charge is 0.129 e. The van der Waals surface area contributed by atoms with Crippen LogP contribution in [0.25, 0.3) is 11.3 Å². The van der Waals surface area contributed by atoms with Gasteiger partial charge in [0.1, 0.15) is 23.7 Å². The van der Waals surface area contributed by atoms with Crippen molar-refractivity contribution < 1.29 is 9.84 Å². The summed E-state index contributed by atoms with van der Waals surface area (Å²) in [6.07, 6.45) is 4.01. The standard InChI is InChI=1S/C24H31N5O2/c1-17(18(2)20-7-4-5-8-22(20)31-3)15-27-24-14-21(28-16-29-24)19-9-11-26-23(13-19)25-10-6-12-30/h4-5,7-9,11,13-14,16-18,30H,6,10,12,15H2,1-3H3,(H,25,26)(H,27,28,29)/t17-,18?/m1/s1. The summed E-state index contributed by atoms with van der Waals surface area (Å²) in [4.78, 5) is 13.1. The van der Waals surface area contributed by atoms with Gasteiger partial charge in [0.15, 0.2) is 0 Å². The molecule has 2 atom stereocenters. The van der Waals surface area contributed by atoms with Gasteiger partial charge in [0.2, 0.25) is 0 Å². The van der Waals surface area contributed by atoms with Gasteiger partial charge in [-0.3, -0.25) is 0 Å². The lowest BCUT2D eigenvalue weighted by atomic mass is 9.88. The number of hydrogen-bond acceptors (Lipinski definition) is 7. The lowest BCUT2D eigenvalue weighted by Gasteiger charge is -2.23. The molecule has 3 rings (SSSR count). The summed E-state index contributed by atoms with van der Waals surface area (Å²) in [5.74, 6) is 3.18. The van der Waals surface area contributed by atoms with Crippen molar-refractivity contribution in [3.05, 3.63) is 60.6 Å². The second-order valence-electron chi connectivity index (χ2n) is 7.61. The number of aliphatic hydroxyl groups excluding tert-OH is 1. The molecule has 0 bridgehead atoms. The van der Waals surface area contributed by atoms with Crippen LogP contribution in [-0.4, -0.2) is 46.9 Å². The van der Waals surface area contributed by atoms with Gasteiger partial charge in [-0.05, 0) is 42.0 Å². The summed E-state index contributed by atoms with van der Waals surface area (Å²) in [5, 5.41) is 15.6. The molecule has 0 saturated heterocycles. The quantitative estimate of drug-likeness (QED) is 0.400. The molecule has 7 nitrogen and oxygen atoms in total. The number of rotatable bonds is 11. The molecule has 1 unspecified atom stereocenters. The number of benzene rings is 1. The van der Waals surface area contributed by atoms with E-state index in [0.717, 1.165) is 35.2 Å². The highest BCUT2D eigenvalue weighted by atomic mass is 16.5. The molecule has 7 heteroatoms. The fourth-order valence-electron chi connectivity index (χ4n) is 3.39. The summed E-state index contributed by atoms with van der Waals surface area (Å²) in [6.45, 7) is 6.05. The van der Waals surface area contributed by atoms with Crippen molar-refractivity contribution in [2.24, 2.45) is 5.92 Å². The first-order chi connectivity index (χ1) is 15.1.